The quantitative estimate of drug-likeness (QED) is 0.125. The zero-order valence-electron chi connectivity index (χ0n) is 20.2. The number of ether oxygens (including phenoxy) is 1. The number of thioether (sulfide) groups is 1. The van der Waals surface area contributed by atoms with Gasteiger partial charge in [0.1, 0.15) is 5.52 Å². The molecule has 0 saturated carbocycles. The highest BCUT2D eigenvalue weighted by atomic mass is 35.5. The number of aromatic nitrogens is 1. The van der Waals surface area contributed by atoms with E-state index in [1.807, 2.05) is 12.1 Å². The van der Waals surface area contributed by atoms with Crippen molar-refractivity contribution < 1.29 is 31.9 Å². The van der Waals surface area contributed by atoms with Gasteiger partial charge in [-0.05, 0) is 72.6 Å². The number of esters is 1. The highest BCUT2D eigenvalue weighted by Crippen LogP contribution is 2.31. The largest absolute Gasteiger partial charge is 0.490 e. The van der Waals surface area contributed by atoms with Crippen LogP contribution in [0.4, 0.5) is 13.2 Å². The number of hydrogen-bond donors (Lipinski definition) is 1. The monoisotopic (exact) mass is 596 g/mol. The highest BCUT2D eigenvalue weighted by molar-refractivity contribution is 8.00. The Morgan fingerprint density at radius 2 is 1.62 bits per heavy atom. The van der Waals surface area contributed by atoms with E-state index in [1.54, 1.807) is 67.6 Å². The van der Waals surface area contributed by atoms with Crippen molar-refractivity contribution in [1.82, 2.24) is 10.3 Å². The van der Waals surface area contributed by atoms with Gasteiger partial charge in [-0.15, -0.1) is 0 Å². The minimum absolute atomic E-state index is 0.130. The number of carbonyl (C=O) groups is 2. The zero-order valence-corrected chi connectivity index (χ0v) is 22.6. The molecule has 0 aliphatic heterocycles. The maximum atomic E-state index is 13.2. The number of para-hydroxylation sites is 2. The standard InChI is InChI=1S/C27H21Cl2F3N2O4S/c1-15(20(17-8-12-19(29)13-9-17)14-16-6-10-18(28)11-7-16)33-23(35)24(38-25(36)27(30,31)32)39-26-34-21-4-2-3-5-22(21)37-26/h2-13,15,20,24H,14H2,1H3,(H,33,35). The van der Waals surface area contributed by atoms with E-state index < -0.39 is 29.5 Å². The summed E-state index contributed by atoms with van der Waals surface area (Å²) < 4.78 is 49.1. The van der Waals surface area contributed by atoms with E-state index >= 15 is 0 Å². The average Bonchev–Trinajstić information content (AvgIpc) is 3.30. The van der Waals surface area contributed by atoms with Crippen molar-refractivity contribution in [1.29, 1.82) is 0 Å². The van der Waals surface area contributed by atoms with Gasteiger partial charge in [0.2, 0.25) is 5.44 Å². The number of alkyl halides is 3. The molecule has 204 valence electrons. The average molecular weight is 597 g/mol. The first-order valence-corrected chi connectivity index (χ1v) is 13.2. The van der Waals surface area contributed by atoms with E-state index in [0.29, 0.717) is 39.3 Å². The van der Waals surface area contributed by atoms with Crippen LogP contribution in [0.25, 0.3) is 11.1 Å². The molecule has 1 N–H and O–H groups in total. The van der Waals surface area contributed by atoms with Crippen LogP contribution >= 0.6 is 35.0 Å². The van der Waals surface area contributed by atoms with Crippen LogP contribution in [0.2, 0.25) is 10.0 Å². The molecule has 3 atom stereocenters. The van der Waals surface area contributed by atoms with E-state index in [4.69, 9.17) is 27.6 Å². The fourth-order valence-corrected chi connectivity index (χ4v) is 4.88. The molecule has 1 heterocycles. The number of nitrogens with zero attached hydrogens (tertiary/aromatic N) is 1. The van der Waals surface area contributed by atoms with Gasteiger partial charge in [-0.25, -0.2) is 9.78 Å². The summed E-state index contributed by atoms with van der Waals surface area (Å²) in [6.45, 7) is 1.71. The number of nitrogens with one attached hydrogen (secondary N) is 1. The number of halogens is 5. The van der Waals surface area contributed by atoms with Gasteiger partial charge < -0.3 is 14.5 Å². The van der Waals surface area contributed by atoms with E-state index in [9.17, 15) is 22.8 Å². The summed E-state index contributed by atoms with van der Waals surface area (Å²) >= 11 is 12.5. The van der Waals surface area contributed by atoms with Crippen LogP contribution in [0.5, 0.6) is 0 Å². The van der Waals surface area contributed by atoms with Gasteiger partial charge in [0, 0.05) is 22.0 Å². The normalized spacial score (nSPS) is 14.0. The third-order valence-electron chi connectivity index (χ3n) is 5.78. The second-order valence-corrected chi connectivity index (χ2v) is 10.5. The van der Waals surface area contributed by atoms with Gasteiger partial charge in [0.25, 0.3) is 11.1 Å². The summed E-state index contributed by atoms with van der Waals surface area (Å²) in [5.74, 6) is -3.78. The molecular formula is C27H21Cl2F3N2O4S. The first kappa shape index (κ1) is 28.8. The molecule has 1 aromatic heterocycles. The lowest BCUT2D eigenvalue weighted by molar-refractivity contribution is -0.201. The van der Waals surface area contributed by atoms with Gasteiger partial charge in [-0.1, -0.05) is 59.6 Å². The predicted molar refractivity (Wildman–Crippen MR) is 143 cm³/mol. The minimum Gasteiger partial charge on any atom is -0.434 e. The number of carbonyl (C=O) groups excluding carboxylic acids is 2. The zero-order chi connectivity index (χ0) is 28.2. The van der Waals surface area contributed by atoms with Crippen molar-refractivity contribution in [2.24, 2.45) is 0 Å². The summed E-state index contributed by atoms with van der Waals surface area (Å²) in [6.07, 6.45) is -4.84. The minimum atomic E-state index is -5.30. The van der Waals surface area contributed by atoms with Crippen LogP contribution in [0.1, 0.15) is 24.0 Å². The van der Waals surface area contributed by atoms with Crippen molar-refractivity contribution in [3.8, 4) is 0 Å². The van der Waals surface area contributed by atoms with E-state index in [1.165, 1.54) is 0 Å². The van der Waals surface area contributed by atoms with Crippen LogP contribution in [-0.4, -0.2) is 34.5 Å². The fraction of sp³-hybridized carbons (Fsp3) is 0.222. The first-order chi connectivity index (χ1) is 18.5. The Kier molecular flexibility index (Phi) is 9.09. The summed E-state index contributed by atoms with van der Waals surface area (Å²) in [5, 5.41) is 3.66. The van der Waals surface area contributed by atoms with Gasteiger partial charge in [0.05, 0.1) is 0 Å². The number of benzene rings is 3. The van der Waals surface area contributed by atoms with Crippen LogP contribution in [0.3, 0.4) is 0 Å². The SMILES string of the molecule is CC(NC(=O)C(OC(=O)C(F)(F)F)Sc1nc2ccccc2o1)C(Cc1ccc(Cl)cc1)c1ccc(Cl)cc1. The third kappa shape index (κ3) is 7.68. The summed E-state index contributed by atoms with van der Waals surface area (Å²) in [4.78, 5) is 29.1. The number of amides is 1. The molecule has 1 amide bonds. The van der Waals surface area contributed by atoms with Crippen LogP contribution in [0, 0.1) is 0 Å². The molecule has 0 spiro atoms. The maximum absolute atomic E-state index is 13.2. The highest BCUT2D eigenvalue weighted by Gasteiger charge is 2.44. The predicted octanol–water partition coefficient (Wildman–Crippen LogP) is 7.19. The number of rotatable bonds is 9. The second-order valence-electron chi connectivity index (χ2n) is 8.59. The first-order valence-electron chi connectivity index (χ1n) is 11.6. The van der Waals surface area contributed by atoms with Crippen LogP contribution in [-0.2, 0) is 20.7 Å². The molecule has 6 nitrogen and oxygen atoms in total. The van der Waals surface area contributed by atoms with Gasteiger partial charge >= 0.3 is 12.1 Å². The lowest BCUT2D eigenvalue weighted by Gasteiger charge is -2.27. The molecule has 4 aromatic rings. The van der Waals surface area contributed by atoms with Crippen LogP contribution < -0.4 is 5.32 Å². The molecule has 4 rings (SSSR count). The Labute approximate surface area is 235 Å². The Morgan fingerprint density at radius 1 is 1.00 bits per heavy atom. The fourth-order valence-electron chi connectivity index (χ4n) is 3.85. The molecule has 39 heavy (non-hydrogen) atoms. The van der Waals surface area contributed by atoms with E-state index in [0.717, 1.165) is 11.1 Å². The van der Waals surface area contributed by atoms with Crippen molar-refractivity contribution >= 4 is 57.9 Å². The molecule has 12 heteroatoms. The maximum Gasteiger partial charge on any atom is 0.490 e. The van der Waals surface area contributed by atoms with Crippen molar-refractivity contribution in [2.45, 2.75) is 42.1 Å². The molecule has 0 radical (unpaired) electrons. The summed E-state index contributed by atoms with van der Waals surface area (Å²) in [5.41, 5.74) is 0.621. The van der Waals surface area contributed by atoms with Crippen molar-refractivity contribution in [3.63, 3.8) is 0 Å². The number of hydrogen-bond acceptors (Lipinski definition) is 6. The molecule has 0 saturated heterocycles. The Bertz CT molecular complexity index is 1410. The molecule has 0 bridgehead atoms. The Morgan fingerprint density at radius 3 is 2.23 bits per heavy atom. The molecule has 0 aliphatic rings. The summed E-state index contributed by atoms with van der Waals surface area (Å²) in [7, 11) is 0. The molecule has 0 aliphatic carbocycles. The van der Waals surface area contributed by atoms with Crippen molar-refractivity contribution in [2.75, 3.05) is 0 Å². The van der Waals surface area contributed by atoms with Crippen molar-refractivity contribution in [3.05, 3.63) is 94.0 Å². The van der Waals surface area contributed by atoms with Gasteiger partial charge in [-0.3, -0.25) is 4.79 Å². The topological polar surface area (TPSA) is 81.4 Å². The smallest absolute Gasteiger partial charge is 0.434 e. The van der Waals surface area contributed by atoms with E-state index in [2.05, 4.69) is 15.0 Å². The summed E-state index contributed by atoms with van der Waals surface area (Å²) in [6, 6.07) is 20.2. The second kappa shape index (κ2) is 12.3. The van der Waals surface area contributed by atoms with Gasteiger partial charge in [0.15, 0.2) is 5.58 Å². The molecule has 0 fully saturated rings. The Balaban J connectivity index is 1.58. The number of oxazole rings is 1. The molecule has 3 aromatic carbocycles. The van der Waals surface area contributed by atoms with E-state index in [-0.39, 0.29) is 11.1 Å². The van der Waals surface area contributed by atoms with Crippen LogP contribution in [0.15, 0.2) is 82.4 Å². The lowest BCUT2D eigenvalue weighted by atomic mass is 9.86. The molecular weight excluding hydrogens is 576 g/mol. The molecule has 3 unspecified atom stereocenters. The number of fused-ring (bicyclic) bond motifs is 1. The van der Waals surface area contributed by atoms with Gasteiger partial charge in [-0.2, -0.15) is 13.2 Å². The third-order valence-corrected chi connectivity index (χ3v) is 7.19. The lowest BCUT2D eigenvalue weighted by Crippen LogP contribution is -2.45. The Hall–Kier alpha value is -3.21.